The summed E-state index contributed by atoms with van der Waals surface area (Å²) in [5, 5.41) is 0. The maximum absolute atomic E-state index is 12.2. The molecule has 0 heterocycles. The van der Waals surface area contributed by atoms with Gasteiger partial charge in [-0.15, -0.1) is 0 Å². The van der Waals surface area contributed by atoms with Gasteiger partial charge in [0.2, 0.25) is 0 Å². The molecule has 0 saturated heterocycles. The third kappa shape index (κ3) is 3.28. The minimum Gasteiger partial charge on any atom is -0.376 e. The number of benzene rings is 2. The standard InChI is InChI=1S/C14H8F3O4S/c15-14(16,17)22(19,20)21-12-7-5-10(6-8-12)13-4-2-1-3-11(13)9-18/h1-5,7-9H. The number of halogens is 3. The number of hydrogen-bond donors (Lipinski definition) is 0. The van der Waals surface area contributed by atoms with Gasteiger partial charge in [0.05, 0.1) is 0 Å². The smallest absolute Gasteiger partial charge is 0.376 e. The lowest BCUT2D eigenvalue weighted by Crippen LogP contribution is -2.28. The van der Waals surface area contributed by atoms with Crippen molar-refractivity contribution in [1.82, 2.24) is 0 Å². The van der Waals surface area contributed by atoms with Gasteiger partial charge in [0.1, 0.15) is 5.75 Å². The summed E-state index contributed by atoms with van der Waals surface area (Å²) in [5.74, 6) is -0.523. The van der Waals surface area contributed by atoms with E-state index in [2.05, 4.69) is 10.2 Å². The molecule has 0 spiro atoms. The van der Waals surface area contributed by atoms with Gasteiger partial charge in [0.15, 0.2) is 6.29 Å². The van der Waals surface area contributed by atoms with Crippen molar-refractivity contribution in [2.75, 3.05) is 0 Å². The molecule has 0 bridgehead atoms. The molecule has 0 aliphatic heterocycles. The third-order valence-electron chi connectivity index (χ3n) is 2.65. The van der Waals surface area contributed by atoms with Crippen LogP contribution in [0.5, 0.6) is 5.75 Å². The SMILES string of the molecule is O=Cc1ccccc1-c1[c]cc(OS(=O)(=O)C(F)(F)F)cc1. The topological polar surface area (TPSA) is 60.4 Å². The van der Waals surface area contributed by atoms with Crippen LogP contribution in [-0.4, -0.2) is 20.2 Å². The summed E-state index contributed by atoms with van der Waals surface area (Å²) in [5.41, 5.74) is -4.20. The Morgan fingerprint density at radius 2 is 1.77 bits per heavy atom. The van der Waals surface area contributed by atoms with E-state index < -0.39 is 21.4 Å². The molecule has 0 aliphatic carbocycles. The van der Waals surface area contributed by atoms with E-state index in [0.717, 1.165) is 12.1 Å². The number of hydrogen-bond acceptors (Lipinski definition) is 4. The third-order valence-corrected chi connectivity index (χ3v) is 3.63. The van der Waals surface area contributed by atoms with Gasteiger partial charge in [-0.1, -0.05) is 24.3 Å². The quantitative estimate of drug-likeness (QED) is 0.491. The second-order valence-corrected chi connectivity index (χ2v) is 5.66. The van der Waals surface area contributed by atoms with Gasteiger partial charge >= 0.3 is 15.6 Å². The number of carbonyl (C=O) groups excluding carboxylic acids is 1. The van der Waals surface area contributed by atoms with Gasteiger partial charge in [0, 0.05) is 5.56 Å². The van der Waals surface area contributed by atoms with Gasteiger partial charge in [-0.2, -0.15) is 21.6 Å². The molecular weight excluding hydrogens is 321 g/mol. The Labute approximate surface area is 124 Å². The molecule has 4 nitrogen and oxygen atoms in total. The van der Waals surface area contributed by atoms with Crippen LogP contribution in [0.15, 0.2) is 42.5 Å². The molecule has 0 N–H and O–H groups in total. The van der Waals surface area contributed by atoms with Crippen LogP contribution in [0.3, 0.4) is 0 Å². The average Bonchev–Trinajstić information content (AvgIpc) is 2.46. The summed E-state index contributed by atoms with van der Waals surface area (Å²) in [6, 6.07) is 12.4. The van der Waals surface area contributed by atoms with Crippen LogP contribution in [0.2, 0.25) is 0 Å². The number of rotatable bonds is 4. The molecule has 0 saturated carbocycles. The van der Waals surface area contributed by atoms with Crippen molar-refractivity contribution in [2.45, 2.75) is 5.51 Å². The lowest BCUT2D eigenvalue weighted by Gasteiger charge is -2.10. The van der Waals surface area contributed by atoms with E-state index in [1.54, 1.807) is 24.3 Å². The van der Waals surface area contributed by atoms with Gasteiger partial charge in [0.25, 0.3) is 0 Å². The van der Waals surface area contributed by atoms with Crippen LogP contribution in [0.1, 0.15) is 10.4 Å². The summed E-state index contributed by atoms with van der Waals surface area (Å²) >= 11 is 0. The normalized spacial score (nSPS) is 12.0. The van der Waals surface area contributed by atoms with E-state index in [1.807, 2.05) is 0 Å². The van der Waals surface area contributed by atoms with Crippen molar-refractivity contribution in [3.63, 3.8) is 0 Å². The average molecular weight is 329 g/mol. The fraction of sp³-hybridized carbons (Fsp3) is 0.0714. The zero-order valence-corrected chi connectivity index (χ0v) is 11.6. The molecule has 2 rings (SSSR count). The fourth-order valence-corrected chi connectivity index (χ4v) is 2.10. The van der Waals surface area contributed by atoms with Crippen LogP contribution in [0.4, 0.5) is 13.2 Å². The summed E-state index contributed by atoms with van der Waals surface area (Å²) < 4.78 is 62.3. The number of aldehydes is 1. The van der Waals surface area contributed by atoms with Crippen molar-refractivity contribution in [3.8, 4) is 16.9 Å². The second kappa shape index (κ2) is 5.80. The van der Waals surface area contributed by atoms with E-state index in [-0.39, 0.29) is 0 Å². The van der Waals surface area contributed by atoms with Crippen molar-refractivity contribution >= 4 is 16.4 Å². The molecule has 0 atom stereocenters. The molecule has 115 valence electrons. The Kier molecular flexibility index (Phi) is 4.23. The first-order valence-electron chi connectivity index (χ1n) is 5.81. The van der Waals surface area contributed by atoms with E-state index in [4.69, 9.17) is 0 Å². The summed E-state index contributed by atoms with van der Waals surface area (Å²) in [6.45, 7) is 0. The molecule has 2 aromatic carbocycles. The van der Waals surface area contributed by atoms with E-state index in [9.17, 15) is 26.4 Å². The predicted octanol–water partition coefficient (Wildman–Crippen LogP) is 3.19. The van der Waals surface area contributed by atoms with E-state index in [0.29, 0.717) is 23.0 Å². The predicted molar refractivity (Wildman–Crippen MR) is 71.7 cm³/mol. The van der Waals surface area contributed by atoms with Gasteiger partial charge in [-0.05, 0) is 35.4 Å². The summed E-state index contributed by atoms with van der Waals surface area (Å²) in [6.07, 6.45) is 0.627. The lowest BCUT2D eigenvalue weighted by atomic mass is 10.0. The van der Waals surface area contributed by atoms with Crippen molar-refractivity contribution in [2.24, 2.45) is 0 Å². The Bertz CT molecular complexity index is 780. The highest BCUT2D eigenvalue weighted by Crippen LogP contribution is 2.29. The Morgan fingerprint density at radius 3 is 2.32 bits per heavy atom. The molecule has 2 aromatic rings. The maximum atomic E-state index is 12.2. The van der Waals surface area contributed by atoms with Crippen LogP contribution in [0.25, 0.3) is 11.1 Å². The Morgan fingerprint density at radius 1 is 1.09 bits per heavy atom. The minimum absolute atomic E-state index is 0.371. The summed E-state index contributed by atoms with van der Waals surface area (Å²) in [4.78, 5) is 10.9. The van der Waals surface area contributed by atoms with Crippen LogP contribution >= 0.6 is 0 Å². The fourth-order valence-electron chi connectivity index (χ4n) is 1.65. The van der Waals surface area contributed by atoms with Crippen molar-refractivity contribution < 1.29 is 30.6 Å². The Hall–Kier alpha value is -2.35. The largest absolute Gasteiger partial charge is 0.534 e. The molecule has 22 heavy (non-hydrogen) atoms. The van der Waals surface area contributed by atoms with Crippen LogP contribution in [-0.2, 0) is 10.1 Å². The highest BCUT2D eigenvalue weighted by molar-refractivity contribution is 7.88. The number of carbonyl (C=O) groups is 1. The van der Waals surface area contributed by atoms with E-state index >= 15 is 0 Å². The van der Waals surface area contributed by atoms with Gasteiger partial charge < -0.3 is 4.18 Å². The molecule has 0 unspecified atom stereocenters. The first-order chi connectivity index (χ1) is 10.2. The first kappa shape index (κ1) is 16.0. The highest BCUT2D eigenvalue weighted by Gasteiger charge is 2.48. The zero-order chi connectivity index (χ0) is 16.4. The molecule has 0 aromatic heterocycles. The van der Waals surface area contributed by atoms with Crippen LogP contribution in [0, 0.1) is 6.07 Å². The molecular formula is C14H8F3O4S. The zero-order valence-electron chi connectivity index (χ0n) is 10.8. The summed E-state index contributed by atoms with van der Waals surface area (Å²) in [7, 11) is -5.72. The molecule has 1 radical (unpaired) electrons. The molecule has 0 aliphatic rings. The first-order valence-corrected chi connectivity index (χ1v) is 7.22. The van der Waals surface area contributed by atoms with E-state index in [1.165, 1.54) is 6.07 Å². The maximum Gasteiger partial charge on any atom is 0.534 e. The molecule has 0 fully saturated rings. The van der Waals surface area contributed by atoms with Crippen molar-refractivity contribution in [1.29, 1.82) is 0 Å². The van der Waals surface area contributed by atoms with Crippen molar-refractivity contribution in [3.05, 3.63) is 54.1 Å². The second-order valence-electron chi connectivity index (χ2n) is 4.13. The molecule has 8 heteroatoms. The van der Waals surface area contributed by atoms with Crippen LogP contribution < -0.4 is 4.18 Å². The molecule has 0 amide bonds. The number of alkyl halides is 3. The lowest BCUT2D eigenvalue weighted by molar-refractivity contribution is -0.0500. The minimum atomic E-state index is -5.72. The van der Waals surface area contributed by atoms with Gasteiger partial charge in [-0.25, -0.2) is 0 Å². The monoisotopic (exact) mass is 329 g/mol. The van der Waals surface area contributed by atoms with Gasteiger partial charge in [-0.3, -0.25) is 4.79 Å². The highest BCUT2D eigenvalue weighted by atomic mass is 32.2. The Balaban J connectivity index is 2.30.